The molecular weight excluding hydrogens is 303 g/mol. The zero-order valence-corrected chi connectivity index (χ0v) is 13.8. The van der Waals surface area contributed by atoms with Crippen LogP contribution in [0.15, 0.2) is 29.8 Å². The summed E-state index contributed by atoms with van der Waals surface area (Å²) in [7, 11) is 0. The van der Waals surface area contributed by atoms with Gasteiger partial charge in [-0.05, 0) is 59.7 Å². The maximum Gasteiger partial charge on any atom is 0.249 e. The standard InChI is InChI=1S/C20H19FN2O/c1-10-6-14-15(20(22)24)7-17(21)19(18(14)11(10)2)13-5-3-4-12-8-23-9-16(12)13/h3-5,7,23H,6,8-9H2,1-2H3,(H2,22,24). The summed E-state index contributed by atoms with van der Waals surface area (Å²) >= 11 is 0. The van der Waals surface area contributed by atoms with Crippen LogP contribution in [-0.4, -0.2) is 5.91 Å². The maximum absolute atomic E-state index is 15.1. The summed E-state index contributed by atoms with van der Waals surface area (Å²) in [4.78, 5) is 11.8. The van der Waals surface area contributed by atoms with Crippen molar-refractivity contribution in [2.45, 2.75) is 33.4 Å². The van der Waals surface area contributed by atoms with Crippen LogP contribution < -0.4 is 11.1 Å². The molecule has 24 heavy (non-hydrogen) atoms. The summed E-state index contributed by atoms with van der Waals surface area (Å²) < 4.78 is 15.1. The number of amides is 1. The number of primary amides is 1. The lowest BCUT2D eigenvalue weighted by atomic mass is 9.87. The van der Waals surface area contributed by atoms with Gasteiger partial charge < -0.3 is 11.1 Å². The molecule has 0 saturated carbocycles. The van der Waals surface area contributed by atoms with Crippen LogP contribution in [-0.2, 0) is 19.5 Å². The predicted octanol–water partition coefficient (Wildman–Crippen LogP) is 3.54. The summed E-state index contributed by atoms with van der Waals surface area (Å²) in [5.74, 6) is -0.948. The fourth-order valence-electron chi connectivity index (χ4n) is 3.95. The first-order valence-corrected chi connectivity index (χ1v) is 8.12. The van der Waals surface area contributed by atoms with E-state index in [0.29, 0.717) is 17.5 Å². The molecule has 1 aliphatic carbocycles. The van der Waals surface area contributed by atoms with Crippen LogP contribution >= 0.6 is 0 Å². The molecule has 0 unspecified atom stereocenters. The van der Waals surface area contributed by atoms with E-state index < -0.39 is 5.91 Å². The first-order valence-electron chi connectivity index (χ1n) is 8.12. The van der Waals surface area contributed by atoms with Crippen LogP contribution in [0.4, 0.5) is 4.39 Å². The van der Waals surface area contributed by atoms with E-state index in [0.717, 1.165) is 46.5 Å². The number of nitrogens with one attached hydrogen (secondary N) is 1. The van der Waals surface area contributed by atoms with Crippen molar-refractivity contribution < 1.29 is 9.18 Å². The van der Waals surface area contributed by atoms with Crippen LogP contribution in [0.3, 0.4) is 0 Å². The van der Waals surface area contributed by atoms with Crippen molar-refractivity contribution in [1.82, 2.24) is 5.32 Å². The first kappa shape index (κ1) is 15.1. The molecular formula is C20H19FN2O. The van der Waals surface area contributed by atoms with Crippen molar-refractivity contribution in [3.63, 3.8) is 0 Å². The number of fused-ring (bicyclic) bond motifs is 2. The minimum Gasteiger partial charge on any atom is -0.366 e. The van der Waals surface area contributed by atoms with E-state index in [-0.39, 0.29) is 5.82 Å². The lowest BCUT2D eigenvalue weighted by Crippen LogP contribution is -2.15. The summed E-state index contributed by atoms with van der Waals surface area (Å²) in [6.07, 6.45) is 0.653. The number of rotatable bonds is 2. The van der Waals surface area contributed by atoms with Crippen LogP contribution in [0.2, 0.25) is 0 Å². The number of benzene rings is 2. The number of hydrogen-bond acceptors (Lipinski definition) is 2. The minimum absolute atomic E-state index is 0.299. The van der Waals surface area contributed by atoms with Crippen molar-refractivity contribution in [3.8, 4) is 11.1 Å². The number of halogens is 1. The third kappa shape index (κ3) is 2.03. The summed E-state index contributed by atoms with van der Waals surface area (Å²) in [6.45, 7) is 5.56. The molecule has 2 aromatic carbocycles. The Kier molecular flexibility index (Phi) is 3.32. The van der Waals surface area contributed by atoms with E-state index in [4.69, 9.17) is 5.73 Å². The Morgan fingerprint density at radius 3 is 2.71 bits per heavy atom. The molecule has 4 rings (SSSR count). The molecule has 1 heterocycles. The van der Waals surface area contributed by atoms with Crippen LogP contribution in [0.1, 0.15) is 46.5 Å². The second-order valence-corrected chi connectivity index (χ2v) is 6.63. The highest BCUT2D eigenvalue weighted by molar-refractivity contribution is 6.00. The normalized spacial score (nSPS) is 15.6. The quantitative estimate of drug-likeness (QED) is 0.888. The van der Waals surface area contributed by atoms with E-state index in [2.05, 4.69) is 11.4 Å². The average molecular weight is 322 g/mol. The fraction of sp³-hybridized carbons (Fsp3) is 0.250. The van der Waals surface area contributed by atoms with E-state index in [1.165, 1.54) is 11.6 Å². The van der Waals surface area contributed by atoms with Gasteiger partial charge in [-0.25, -0.2) is 4.39 Å². The molecule has 2 aromatic rings. The SMILES string of the molecule is CC1=C(C)c2c(c(C(N)=O)cc(F)c2-c2cccc3c2CNC3)C1. The molecule has 0 spiro atoms. The Bertz CT molecular complexity index is 928. The summed E-state index contributed by atoms with van der Waals surface area (Å²) in [5.41, 5.74) is 13.6. The number of hydrogen-bond donors (Lipinski definition) is 2. The Hall–Kier alpha value is -2.46. The molecule has 0 atom stereocenters. The third-order valence-corrected chi connectivity index (χ3v) is 5.27. The lowest BCUT2D eigenvalue weighted by Gasteiger charge is -2.17. The Balaban J connectivity index is 2.07. The van der Waals surface area contributed by atoms with Crippen molar-refractivity contribution in [2.24, 2.45) is 5.73 Å². The number of allylic oxidation sites excluding steroid dienone is 2. The van der Waals surface area contributed by atoms with E-state index in [1.807, 2.05) is 26.0 Å². The second-order valence-electron chi connectivity index (χ2n) is 6.63. The molecule has 3 N–H and O–H groups in total. The Labute approximate surface area is 140 Å². The molecule has 0 fully saturated rings. The highest BCUT2D eigenvalue weighted by Crippen LogP contribution is 2.44. The van der Waals surface area contributed by atoms with Gasteiger partial charge in [0.25, 0.3) is 0 Å². The van der Waals surface area contributed by atoms with Crippen molar-refractivity contribution in [1.29, 1.82) is 0 Å². The average Bonchev–Trinajstić information content (AvgIpc) is 3.13. The monoisotopic (exact) mass is 322 g/mol. The Morgan fingerprint density at radius 1 is 1.17 bits per heavy atom. The molecule has 4 heteroatoms. The van der Waals surface area contributed by atoms with Gasteiger partial charge in [0, 0.05) is 24.2 Å². The largest absolute Gasteiger partial charge is 0.366 e. The maximum atomic E-state index is 15.1. The van der Waals surface area contributed by atoms with E-state index in [1.54, 1.807) is 0 Å². The predicted molar refractivity (Wildman–Crippen MR) is 92.9 cm³/mol. The molecule has 0 aromatic heterocycles. The van der Waals surface area contributed by atoms with Crippen molar-refractivity contribution in [2.75, 3.05) is 0 Å². The van der Waals surface area contributed by atoms with Gasteiger partial charge in [-0.15, -0.1) is 0 Å². The van der Waals surface area contributed by atoms with Gasteiger partial charge in [0.1, 0.15) is 5.82 Å². The van der Waals surface area contributed by atoms with Gasteiger partial charge in [-0.2, -0.15) is 0 Å². The minimum atomic E-state index is -0.570. The van der Waals surface area contributed by atoms with Crippen LogP contribution in [0.5, 0.6) is 0 Å². The van der Waals surface area contributed by atoms with Crippen molar-refractivity contribution in [3.05, 3.63) is 63.5 Å². The first-order chi connectivity index (χ1) is 11.5. The summed E-state index contributed by atoms with van der Waals surface area (Å²) in [5, 5.41) is 3.33. The molecule has 2 aliphatic rings. The smallest absolute Gasteiger partial charge is 0.249 e. The Morgan fingerprint density at radius 2 is 1.96 bits per heavy atom. The van der Waals surface area contributed by atoms with Gasteiger partial charge in [-0.3, -0.25) is 4.79 Å². The zero-order chi connectivity index (χ0) is 17.0. The highest BCUT2D eigenvalue weighted by atomic mass is 19.1. The summed E-state index contributed by atoms with van der Waals surface area (Å²) in [6, 6.07) is 7.32. The second kappa shape index (κ2) is 5.28. The van der Waals surface area contributed by atoms with Crippen molar-refractivity contribution >= 4 is 11.5 Å². The van der Waals surface area contributed by atoms with E-state index >= 15 is 4.39 Å². The molecule has 0 bridgehead atoms. The van der Waals surface area contributed by atoms with Crippen LogP contribution in [0, 0.1) is 5.82 Å². The van der Waals surface area contributed by atoms with E-state index in [9.17, 15) is 4.79 Å². The fourth-order valence-corrected chi connectivity index (χ4v) is 3.95. The number of nitrogens with two attached hydrogens (primary N) is 1. The number of carbonyl (C=O) groups is 1. The van der Waals surface area contributed by atoms with Gasteiger partial charge in [0.05, 0.1) is 0 Å². The molecule has 1 aliphatic heterocycles. The van der Waals surface area contributed by atoms with Gasteiger partial charge in [0.15, 0.2) is 0 Å². The van der Waals surface area contributed by atoms with Gasteiger partial charge in [0.2, 0.25) is 5.91 Å². The third-order valence-electron chi connectivity index (χ3n) is 5.27. The number of carbonyl (C=O) groups excluding carboxylic acids is 1. The molecule has 0 saturated heterocycles. The molecule has 3 nitrogen and oxygen atoms in total. The zero-order valence-electron chi connectivity index (χ0n) is 13.8. The van der Waals surface area contributed by atoms with Gasteiger partial charge >= 0.3 is 0 Å². The lowest BCUT2D eigenvalue weighted by molar-refractivity contribution is 0.0999. The topological polar surface area (TPSA) is 55.1 Å². The molecule has 1 amide bonds. The van der Waals surface area contributed by atoms with Gasteiger partial charge in [-0.1, -0.05) is 23.8 Å². The molecule has 0 radical (unpaired) electrons. The molecule has 122 valence electrons. The van der Waals surface area contributed by atoms with Crippen LogP contribution in [0.25, 0.3) is 16.7 Å². The highest BCUT2D eigenvalue weighted by Gasteiger charge is 2.29.